The third-order valence-corrected chi connectivity index (χ3v) is 9.51. The molecule has 0 bridgehead atoms. The van der Waals surface area contributed by atoms with Crippen LogP contribution in [0, 0.1) is 0 Å². The molecule has 0 aromatic rings. The predicted molar refractivity (Wildman–Crippen MR) is 96.8 cm³/mol. The Morgan fingerprint density at radius 1 is 0.913 bits per heavy atom. The highest BCUT2D eigenvalue weighted by atomic mass is 28.4. The van der Waals surface area contributed by atoms with E-state index in [-0.39, 0.29) is 17.2 Å². The van der Waals surface area contributed by atoms with Crippen LogP contribution in [0.25, 0.3) is 0 Å². The molecule has 0 fully saturated rings. The summed E-state index contributed by atoms with van der Waals surface area (Å²) in [4.78, 5) is 0. The minimum Gasteiger partial charge on any atom is -0.489 e. The van der Waals surface area contributed by atoms with Crippen LogP contribution in [-0.2, 0) is 13.9 Å². The zero-order valence-corrected chi connectivity index (χ0v) is 17.8. The first kappa shape index (κ1) is 20.5. The van der Waals surface area contributed by atoms with Crippen molar-refractivity contribution in [2.45, 2.75) is 104 Å². The third-order valence-electron chi connectivity index (χ3n) is 4.98. The van der Waals surface area contributed by atoms with E-state index in [4.69, 9.17) is 13.9 Å². The summed E-state index contributed by atoms with van der Waals surface area (Å²) >= 11 is 0. The molecule has 0 aromatic heterocycles. The van der Waals surface area contributed by atoms with Crippen molar-refractivity contribution in [2.75, 3.05) is 0 Å². The van der Waals surface area contributed by atoms with Gasteiger partial charge in [0.15, 0.2) is 31.0 Å². The highest BCUT2D eigenvalue weighted by Gasteiger charge is 2.66. The quantitative estimate of drug-likeness (QED) is 0.716. The van der Waals surface area contributed by atoms with Gasteiger partial charge in [0.1, 0.15) is 0 Å². The van der Waals surface area contributed by atoms with Crippen molar-refractivity contribution in [3.05, 3.63) is 11.5 Å². The van der Waals surface area contributed by atoms with Crippen LogP contribution in [0.5, 0.6) is 0 Å². The van der Waals surface area contributed by atoms with Gasteiger partial charge in [-0.2, -0.15) is 0 Å². The molecule has 5 heteroatoms. The Balaban J connectivity index is 3.29. The minimum atomic E-state index is -2.09. The molecule has 0 saturated heterocycles. The monoisotopic (exact) mass is 344 g/mol. The van der Waals surface area contributed by atoms with Crippen molar-refractivity contribution < 1.29 is 19.0 Å². The molecular formula is C18H36O4Si. The topological polar surface area (TPSA) is 47.9 Å². The SMILES string of the molecule is CC(C)OC1=C(OC(C)C)C(C)(O[Si](C)(C)C(C)(C)C)C1(C)O. The van der Waals surface area contributed by atoms with E-state index in [9.17, 15) is 5.11 Å². The van der Waals surface area contributed by atoms with Crippen LogP contribution in [0.15, 0.2) is 11.5 Å². The van der Waals surface area contributed by atoms with Gasteiger partial charge < -0.3 is 19.0 Å². The molecule has 0 amide bonds. The molecule has 2 unspecified atom stereocenters. The van der Waals surface area contributed by atoms with Crippen LogP contribution < -0.4 is 0 Å². The van der Waals surface area contributed by atoms with Gasteiger partial charge >= 0.3 is 0 Å². The summed E-state index contributed by atoms with van der Waals surface area (Å²) in [6.07, 6.45) is -0.0335. The maximum absolute atomic E-state index is 11.1. The normalized spacial score (nSPS) is 29.1. The zero-order valence-electron chi connectivity index (χ0n) is 16.8. The fourth-order valence-corrected chi connectivity index (χ4v) is 4.05. The molecule has 0 aromatic carbocycles. The molecule has 1 aliphatic rings. The van der Waals surface area contributed by atoms with Gasteiger partial charge in [0.2, 0.25) is 0 Å². The molecule has 2 atom stereocenters. The van der Waals surface area contributed by atoms with Crippen molar-refractivity contribution >= 4 is 8.32 Å². The zero-order chi connectivity index (χ0) is 18.4. The lowest BCUT2D eigenvalue weighted by Gasteiger charge is -2.57. The summed E-state index contributed by atoms with van der Waals surface area (Å²) in [6.45, 7) is 22.4. The number of rotatable bonds is 6. The molecule has 0 saturated carbocycles. The van der Waals surface area contributed by atoms with E-state index >= 15 is 0 Å². The highest BCUT2D eigenvalue weighted by Crippen LogP contribution is 2.54. The molecule has 4 nitrogen and oxygen atoms in total. The first-order chi connectivity index (χ1) is 10.1. The second-order valence-electron chi connectivity index (χ2n) is 8.96. The Kier molecular flexibility index (Phi) is 5.43. The average Bonchev–Trinajstić information content (AvgIpc) is 2.30. The molecule has 0 heterocycles. The summed E-state index contributed by atoms with van der Waals surface area (Å²) in [5.74, 6) is 1.14. The van der Waals surface area contributed by atoms with E-state index in [1.165, 1.54) is 0 Å². The molecule has 0 spiro atoms. The minimum absolute atomic E-state index is 0.00537. The molecule has 1 rings (SSSR count). The van der Waals surface area contributed by atoms with Crippen LogP contribution in [0.1, 0.15) is 62.3 Å². The number of hydrogen-bond acceptors (Lipinski definition) is 4. The average molecular weight is 345 g/mol. The van der Waals surface area contributed by atoms with E-state index in [2.05, 4.69) is 33.9 Å². The summed E-state index contributed by atoms with van der Waals surface area (Å²) in [7, 11) is -2.09. The van der Waals surface area contributed by atoms with Gasteiger partial charge in [-0.25, -0.2) is 0 Å². The molecule has 1 N–H and O–H groups in total. The summed E-state index contributed by atoms with van der Waals surface area (Å²) in [6, 6.07) is 0. The third kappa shape index (κ3) is 3.61. The van der Waals surface area contributed by atoms with Crippen LogP contribution >= 0.6 is 0 Å². The van der Waals surface area contributed by atoms with Gasteiger partial charge in [0.05, 0.1) is 12.2 Å². The molecular weight excluding hydrogens is 308 g/mol. The van der Waals surface area contributed by atoms with Crippen molar-refractivity contribution in [1.82, 2.24) is 0 Å². The van der Waals surface area contributed by atoms with Crippen molar-refractivity contribution in [1.29, 1.82) is 0 Å². The second kappa shape index (κ2) is 6.08. The molecule has 23 heavy (non-hydrogen) atoms. The Morgan fingerprint density at radius 3 is 1.65 bits per heavy atom. The van der Waals surface area contributed by atoms with Crippen molar-refractivity contribution in [3.63, 3.8) is 0 Å². The summed E-state index contributed by atoms with van der Waals surface area (Å²) in [5, 5.41) is 11.1. The van der Waals surface area contributed by atoms with Crippen LogP contribution in [0.3, 0.4) is 0 Å². The second-order valence-corrected chi connectivity index (χ2v) is 13.7. The fraction of sp³-hybridized carbons (Fsp3) is 0.889. The maximum Gasteiger partial charge on any atom is 0.193 e. The van der Waals surface area contributed by atoms with E-state index < -0.39 is 19.5 Å². The smallest absolute Gasteiger partial charge is 0.193 e. The van der Waals surface area contributed by atoms with Gasteiger partial charge in [-0.1, -0.05) is 20.8 Å². The van der Waals surface area contributed by atoms with Gasteiger partial charge in [0.25, 0.3) is 0 Å². The van der Waals surface area contributed by atoms with Crippen LogP contribution in [-0.4, -0.2) is 36.8 Å². The van der Waals surface area contributed by atoms with E-state index in [1.807, 2.05) is 34.6 Å². The van der Waals surface area contributed by atoms with Gasteiger partial charge in [-0.05, 0) is 59.7 Å². The van der Waals surface area contributed by atoms with Gasteiger partial charge in [-0.3, -0.25) is 0 Å². The Hall–Kier alpha value is -0.523. The first-order valence-electron chi connectivity index (χ1n) is 8.57. The Bertz CT molecular complexity index is 472. The summed E-state index contributed by atoms with van der Waals surface area (Å²) in [5.41, 5.74) is -2.08. The van der Waals surface area contributed by atoms with E-state index in [1.54, 1.807) is 6.92 Å². The lowest BCUT2D eigenvalue weighted by Crippen LogP contribution is -2.68. The maximum atomic E-state index is 11.1. The van der Waals surface area contributed by atoms with Gasteiger partial charge in [0, 0.05) is 0 Å². The highest BCUT2D eigenvalue weighted by molar-refractivity contribution is 6.74. The number of hydrogen-bond donors (Lipinski definition) is 1. The van der Waals surface area contributed by atoms with E-state index in [0.29, 0.717) is 11.5 Å². The summed E-state index contributed by atoms with van der Waals surface area (Å²) < 4.78 is 18.4. The standard InChI is InChI=1S/C18H36O4Si/c1-12(2)20-14-15(21-13(3)4)18(9,17(14,8)19)22-23(10,11)16(5,6)7/h12-13,19H,1-11H3. The van der Waals surface area contributed by atoms with Gasteiger partial charge in [-0.15, -0.1) is 0 Å². The largest absolute Gasteiger partial charge is 0.489 e. The fourth-order valence-electron chi connectivity index (χ4n) is 2.43. The number of ether oxygens (including phenoxy) is 2. The van der Waals surface area contributed by atoms with Crippen LogP contribution in [0.4, 0.5) is 0 Å². The van der Waals surface area contributed by atoms with Crippen molar-refractivity contribution in [3.8, 4) is 0 Å². The predicted octanol–water partition coefficient (Wildman–Crippen LogP) is 4.59. The Morgan fingerprint density at radius 2 is 1.30 bits per heavy atom. The van der Waals surface area contributed by atoms with Crippen LogP contribution in [0.2, 0.25) is 18.1 Å². The molecule has 136 valence electrons. The van der Waals surface area contributed by atoms with Crippen molar-refractivity contribution in [2.24, 2.45) is 0 Å². The van der Waals surface area contributed by atoms with E-state index in [0.717, 1.165) is 0 Å². The number of aliphatic hydroxyl groups is 1. The molecule has 0 aliphatic heterocycles. The lowest BCUT2D eigenvalue weighted by atomic mass is 9.71. The molecule has 1 aliphatic carbocycles. The molecule has 0 radical (unpaired) electrons. The Labute approximate surface area is 143 Å². The first-order valence-corrected chi connectivity index (χ1v) is 11.5. The lowest BCUT2D eigenvalue weighted by molar-refractivity contribution is -0.182.